The van der Waals surface area contributed by atoms with Gasteiger partial charge in [-0.1, -0.05) is 18.5 Å². The molecule has 2 unspecified atom stereocenters. The summed E-state index contributed by atoms with van der Waals surface area (Å²) in [7, 11) is 0. The van der Waals surface area contributed by atoms with Crippen molar-refractivity contribution in [1.29, 1.82) is 0 Å². The van der Waals surface area contributed by atoms with E-state index in [1.807, 2.05) is 13.8 Å². The van der Waals surface area contributed by atoms with E-state index in [0.29, 0.717) is 10.9 Å². The quantitative estimate of drug-likeness (QED) is 0.830. The van der Waals surface area contributed by atoms with Crippen LogP contribution in [0.25, 0.3) is 0 Å². The summed E-state index contributed by atoms with van der Waals surface area (Å²) in [6.45, 7) is 3.82. The molecular weight excluding hydrogens is 261 g/mol. The molecule has 1 aromatic carbocycles. The fraction of sp³-hybridized carbons (Fsp3) is 0.417. The summed E-state index contributed by atoms with van der Waals surface area (Å²) in [5.74, 6) is 0.174. The average Bonchev–Trinajstić information content (AvgIpc) is 2.27. The maximum atomic E-state index is 11.9. The summed E-state index contributed by atoms with van der Waals surface area (Å²) in [4.78, 5) is 11.9. The molecule has 0 radical (unpaired) electrons. The van der Waals surface area contributed by atoms with Gasteiger partial charge in [-0.2, -0.15) is 0 Å². The molecule has 0 bridgehead atoms. The van der Waals surface area contributed by atoms with Crippen LogP contribution in [0.15, 0.2) is 18.2 Å². The number of phenolic OH excluding ortho intramolecular Hbond substituents is 1. The zero-order chi connectivity index (χ0) is 13.0. The highest BCUT2D eigenvalue weighted by Crippen LogP contribution is 2.22. The molecule has 0 aromatic heterocycles. The van der Waals surface area contributed by atoms with Crippen LogP contribution < -0.4 is 5.32 Å². The number of alkyl halides is 1. The minimum Gasteiger partial charge on any atom is -0.507 e. The molecule has 1 aromatic rings. The van der Waals surface area contributed by atoms with Crippen LogP contribution in [-0.2, 0) is 0 Å². The lowest BCUT2D eigenvalue weighted by atomic mass is 10.1. The molecule has 2 N–H and O–H groups in total. The zero-order valence-electron chi connectivity index (χ0n) is 9.71. The summed E-state index contributed by atoms with van der Waals surface area (Å²) < 4.78 is 0. The van der Waals surface area contributed by atoms with Crippen LogP contribution in [0.2, 0.25) is 5.02 Å². The van der Waals surface area contributed by atoms with Crippen LogP contribution in [-0.4, -0.2) is 22.9 Å². The summed E-state index contributed by atoms with van der Waals surface area (Å²) in [6, 6.07) is 4.33. The SMILES string of the molecule is CC(CCl)C(C)NC(=O)c1ccc(Cl)cc1O. The van der Waals surface area contributed by atoms with Gasteiger partial charge in [-0.3, -0.25) is 4.79 Å². The first kappa shape index (κ1) is 14.1. The minimum atomic E-state index is -0.330. The van der Waals surface area contributed by atoms with E-state index >= 15 is 0 Å². The van der Waals surface area contributed by atoms with Crippen LogP contribution >= 0.6 is 23.2 Å². The molecular formula is C12H15Cl2NO2. The van der Waals surface area contributed by atoms with Crippen molar-refractivity contribution < 1.29 is 9.90 Å². The lowest BCUT2D eigenvalue weighted by Crippen LogP contribution is -2.37. The van der Waals surface area contributed by atoms with Crippen LogP contribution in [0.3, 0.4) is 0 Å². The Kier molecular flexibility index (Phi) is 5.09. The van der Waals surface area contributed by atoms with Gasteiger partial charge in [0.25, 0.3) is 5.91 Å². The normalized spacial score (nSPS) is 14.1. The molecule has 0 fully saturated rings. The molecule has 0 aliphatic rings. The van der Waals surface area contributed by atoms with Gasteiger partial charge in [0.05, 0.1) is 5.56 Å². The van der Waals surface area contributed by atoms with Crippen molar-refractivity contribution in [3.63, 3.8) is 0 Å². The molecule has 0 aliphatic carbocycles. The van der Waals surface area contributed by atoms with Crippen molar-refractivity contribution in [2.24, 2.45) is 5.92 Å². The summed E-state index contributed by atoms with van der Waals surface area (Å²) in [6.07, 6.45) is 0. The maximum Gasteiger partial charge on any atom is 0.255 e. The first-order chi connectivity index (χ1) is 7.95. The van der Waals surface area contributed by atoms with E-state index in [4.69, 9.17) is 23.2 Å². The molecule has 1 amide bonds. The fourth-order valence-electron chi connectivity index (χ4n) is 1.26. The Hall–Kier alpha value is -0.930. The van der Waals surface area contributed by atoms with Crippen molar-refractivity contribution in [1.82, 2.24) is 5.32 Å². The van der Waals surface area contributed by atoms with Gasteiger partial charge in [-0.05, 0) is 31.0 Å². The number of rotatable bonds is 4. The number of amides is 1. The van der Waals surface area contributed by atoms with E-state index < -0.39 is 0 Å². The van der Waals surface area contributed by atoms with Crippen molar-refractivity contribution in [3.8, 4) is 5.75 Å². The van der Waals surface area contributed by atoms with Crippen LogP contribution in [0.5, 0.6) is 5.75 Å². The van der Waals surface area contributed by atoms with Crippen molar-refractivity contribution in [2.45, 2.75) is 19.9 Å². The van der Waals surface area contributed by atoms with Gasteiger partial charge >= 0.3 is 0 Å². The first-order valence-corrected chi connectivity index (χ1v) is 6.22. The lowest BCUT2D eigenvalue weighted by molar-refractivity contribution is 0.0928. The predicted octanol–water partition coefficient (Wildman–Crippen LogP) is 3.04. The minimum absolute atomic E-state index is 0.0601. The van der Waals surface area contributed by atoms with Crippen LogP contribution in [0.4, 0.5) is 0 Å². The smallest absolute Gasteiger partial charge is 0.255 e. The van der Waals surface area contributed by atoms with Gasteiger partial charge in [0.15, 0.2) is 0 Å². The second kappa shape index (κ2) is 6.12. The number of carbonyl (C=O) groups excluding carboxylic acids is 1. The third kappa shape index (κ3) is 3.79. The number of phenols is 1. The first-order valence-electron chi connectivity index (χ1n) is 5.31. The highest BCUT2D eigenvalue weighted by Gasteiger charge is 2.17. The third-order valence-corrected chi connectivity index (χ3v) is 3.38. The topological polar surface area (TPSA) is 49.3 Å². The number of carbonyl (C=O) groups is 1. The van der Waals surface area contributed by atoms with Gasteiger partial charge < -0.3 is 10.4 Å². The monoisotopic (exact) mass is 275 g/mol. The Morgan fingerprint density at radius 3 is 2.65 bits per heavy atom. The van der Waals surface area contributed by atoms with E-state index in [2.05, 4.69) is 5.32 Å². The molecule has 0 spiro atoms. The number of benzene rings is 1. The van der Waals surface area contributed by atoms with Gasteiger partial charge in [0, 0.05) is 16.9 Å². The number of hydrogen-bond acceptors (Lipinski definition) is 2. The molecule has 5 heteroatoms. The summed E-state index contributed by atoms with van der Waals surface area (Å²) in [5.41, 5.74) is 0.211. The molecule has 0 saturated carbocycles. The Morgan fingerprint density at radius 1 is 1.47 bits per heavy atom. The van der Waals surface area contributed by atoms with Crippen molar-refractivity contribution in [3.05, 3.63) is 28.8 Å². The van der Waals surface area contributed by atoms with E-state index in [0.717, 1.165) is 0 Å². The Balaban J connectivity index is 2.76. The molecule has 0 saturated heterocycles. The van der Waals surface area contributed by atoms with Gasteiger partial charge in [-0.25, -0.2) is 0 Å². The average molecular weight is 276 g/mol. The highest BCUT2D eigenvalue weighted by atomic mass is 35.5. The van der Waals surface area contributed by atoms with Crippen LogP contribution in [0, 0.1) is 5.92 Å². The van der Waals surface area contributed by atoms with E-state index in [9.17, 15) is 9.90 Å². The standard InChI is InChI=1S/C12H15Cl2NO2/c1-7(6-13)8(2)15-12(17)10-4-3-9(14)5-11(10)16/h3-5,7-8,16H,6H2,1-2H3,(H,15,17). The predicted molar refractivity (Wildman–Crippen MR) is 69.9 cm³/mol. The summed E-state index contributed by atoms with van der Waals surface area (Å²) >= 11 is 11.4. The fourth-order valence-corrected chi connectivity index (χ4v) is 1.69. The molecule has 0 aliphatic heterocycles. The number of halogens is 2. The van der Waals surface area contributed by atoms with Gasteiger partial charge in [-0.15, -0.1) is 11.6 Å². The molecule has 0 heterocycles. The van der Waals surface area contributed by atoms with E-state index in [1.54, 1.807) is 6.07 Å². The number of aromatic hydroxyl groups is 1. The molecule has 1 rings (SSSR count). The van der Waals surface area contributed by atoms with E-state index in [-0.39, 0.29) is 29.2 Å². The Morgan fingerprint density at radius 2 is 2.12 bits per heavy atom. The Labute approximate surface area is 111 Å². The second-order valence-corrected chi connectivity index (χ2v) is 4.80. The number of nitrogens with one attached hydrogen (secondary N) is 1. The zero-order valence-corrected chi connectivity index (χ0v) is 11.2. The summed E-state index contributed by atoms with van der Waals surface area (Å²) in [5, 5.41) is 12.8. The number of hydrogen-bond donors (Lipinski definition) is 2. The van der Waals surface area contributed by atoms with Crippen molar-refractivity contribution in [2.75, 3.05) is 5.88 Å². The van der Waals surface area contributed by atoms with Crippen molar-refractivity contribution >= 4 is 29.1 Å². The highest BCUT2D eigenvalue weighted by molar-refractivity contribution is 6.30. The van der Waals surface area contributed by atoms with E-state index in [1.165, 1.54) is 12.1 Å². The molecule has 3 nitrogen and oxygen atoms in total. The maximum absolute atomic E-state index is 11.9. The Bertz CT molecular complexity index is 409. The lowest BCUT2D eigenvalue weighted by Gasteiger charge is -2.19. The molecule has 94 valence electrons. The molecule has 2 atom stereocenters. The molecule has 17 heavy (non-hydrogen) atoms. The van der Waals surface area contributed by atoms with Crippen LogP contribution in [0.1, 0.15) is 24.2 Å². The van der Waals surface area contributed by atoms with Gasteiger partial charge in [0.2, 0.25) is 0 Å². The third-order valence-electron chi connectivity index (χ3n) is 2.66. The van der Waals surface area contributed by atoms with Gasteiger partial charge in [0.1, 0.15) is 5.75 Å². The largest absolute Gasteiger partial charge is 0.507 e. The second-order valence-electron chi connectivity index (χ2n) is 4.06.